The fraction of sp³-hybridized carbons (Fsp3) is 0.355. The Labute approximate surface area is 258 Å². The smallest absolute Gasteiger partial charge is 0.354 e. The number of piperidine rings is 1. The number of rotatable bonds is 11. The standard InChI is InChI=1S/C31H32Cl2N6O4/c1-2-38-19-34-15-22(38)16-39-29(35-26-6-7-27(31(40)41)36-30(26)39)17-37-11-9-20(10-12-37)13-23-4-5-24(43-23)18-42-28-8-3-21(32)14-25(28)33/h3-8,14-15,19-20H,2,9-13,16-18H2,1H3,(H,40,41). The van der Waals surface area contributed by atoms with Gasteiger partial charge in [-0.1, -0.05) is 23.2 Å². The summed E-state index contributed by atoms with van der Waals surface area (Å²) in [5.74, 6) is 2.59. The molecule has 0 saturated carbocycles. The number of aromatic nitrogens is 5. The molecule has 224 valence electrons. The molecule has 0 atom stereocenters. The Balaban J connectivity index is 1.08. The van der Waals surface area contributed by atoms with Crippen LogP contribution < -0.4 is 4.74 Å². The van der Waals surface area contributed by atoms with Crippen molar-refractivity contribution in [2.45, 2.75) is 52.4 Å². The van der Waals surface area contributed by atoms with Gasteiger partial charge < -0.3 is 23.4 Å². The average molecular weight is 624 g/mol. The van der Waals surface area contributed by atoms with Crippen LogP contribution in [0.5, 0.6) is 5.75 Å². The number of ether oxygens (including phenoxy) is 1. The molecule has 4 aromatic heterocycles. The molecular formula is C31H32Cl2N6O4. The molecule has 5 heterocycles. The Bertz CT molecular complexity index is 1740. The van der Waals surface area contributed by atoms with Crippen LogP contribution in [0.1, 0.15) is 53.3 Å². The SMILES string of the molecule is CCn1cncc1Cn1c(CN2CCC(Cc3ccc(COc4ccc(Cl)cc4Cl)o3)CC2)nc2ccc(C(=O)O)nc21. The van der Waals surface area contributed by atoms with Crippen molar-refractivity contribution in [3.05, 3.63) is 93.8 Å². The third-order valence-corrected chi connectivity index (χ3v) is 8.42. The fourth-order valence-corrected chi connectivity index (χ4v) is 6.03. The lowest BCUT2D eigenvalue weighted by molar-refractivity contribution is 0.0691. The number of fused-ring (bicyclic) bond motifs is 1. The molecule has 1 aromatic carbocycles. The number of furan rings is 1. The predicted molar refractivity (Wildman–Crippen MR) is 163 cm³/mol. The summed E-state index contributed by atoms with van der Waals surface area (Å²) in [5, 5.41) is 10.6. The molecule has 43 heavy (non-hydrogen) atoms. The van der Waals surface area contributed by atoms with Gasteiger partial charge in [0.25, 0.3) is 0 Å². The molecule has 1 aliphatic heterocycles. The number of hydrogen-bond donors (Lipinski definition) is 1. The van der Waals surface area contributed by atoms with Gasteiger partial charge in [0.05, 0.1) is 30.1 Å². The third-order valence-electron chi connectivity index (χ3n) is 7.89. The molecule has 0 aliphatic carbocycles. The molecule has 0 bridgehead atoms. The van der Waals surface area contributed by atoms with Gasteiger partial charge in [-0.05, 0) is 81.2 Å². The van der Waals surface area contributed by atoms with Crippen LogP contribution in [0.25, 0.3) is 11.2 Å². The van der Waals surface area contributed by atoms with Gasteiger partial charge in [0, 0.05) is 24.2 Å². The Kier molecular flexibility index (Phi) is 8.69. The van der Waals surface area contributed by atoms with Gasteiger partial charge in [0.1, 0.15) is 35.2 Å². The zero-order valence-corrected chi connectivity index (χ0v) is 25.3. The maximum Gasteiger partial charge on any atom is 0.354 e. The summed E-state index contributed by atoms with van der Waals surface area (Å²) in [4.78, 5) is 27.7. The van der Waals surface area contributed by atoms with Crippen LogP contribution in [0.4, 0.5) is 0 Å². The second-order valence-electron chi connectivity index (χ2n) is 10.8. The quantitative estimate of drug-likeness (QED) is 0.182. The molecule has 12 heteroatoms. The number of carbonyl (C=O) groups is 1. The van der Waals surface area contributed by atoms with E-state index in [-0.39, 0.29) is 5.69 Å². The largest absolute Gasteiger partial charge is 0.484 e. The van der Waals surface area contributed by atoms with Crippen LogP contribution in [0, 0.1) is 5.92 Å². The maximum atomic E-state index is 11.6. The first-order valence-electron chi connectivity index (χ1n) is 14.3. The van der Waals surface area contributed by atoms with Gasteiger partial charge in [0.2, 0.25) is 0 Å². The van der Waals surface area contributed by atoms with Crippen molar-refractivity contribution < 1.29 is 19.1 Å². The van der Waals surface area contributed by atoms with Crippen LogP contribution in [0.2, 0.25) is 10.0 Å². The highest BCUT2D eigenvalue weighted by Gasteiger charge is 2.24. The summed E-state index contributed by atoms with van der Waals surface area (Å²) in [6.07, 6.45) is 6.59. The number of halogens is 2. The molecule has 1 saturated heterocycles. The normalized spacial score (nSPS) is 14.5. The summed E-state index contributed by atoms with van der Waals surface area (Å²) in [5.41, 5.74) is 2.29. The first kappa shape index (κ1) is 29.2. The van der Waals surface area contributed by atoms with E-state index in [0.29, 0.717) is 52.6 Å². The molecule has 10 nitrogen and oxygen atoms in total. The van der Waals surface area contributed by atoms with Gasteiger partial charge in [-0.2, -0.15) is 0 Å². The van der Waals surface area contributed by atoms with E-state index in [1.54, 1.807) is 30.6 Å². The van der Waals surface area contributed by atoms with Crippen molar-refractivity contribution in [2.75, 3.05) is 13.1 Å². The summed E-state index contributed by atoms with van der Waals surface area (Å²) in [6, 6.07) is 12.4. The highest BCUT2D eigenvalue weighted by molar-refractivity contribution is 6.35. The molecule has 0 spiro atoms. The second kappa shape index (κ2) is 12.8. The molecule has 5 aromatic rings. The van der Waals surface area contributed by atoms with Crippen LogP contribution >= 0.6 is 23.2 Å². The van der Waals surface area contributed by atoms with Crippen LogP contribution in [0.15, 0.2) is 59.4 Å². The van der Waals surface area contributed by atoms with E-state index in [0.717, 1.165) is 61.9 Å². The Morgan fingerprint density at radius 3 is 2.65 bits per heavy atom. The van der Waals surface area contributed by atoms with E-state index in [1.807, 2.05) is 22.9 Å². The van der Waals surface area contributed by atoms with Crippen molar-refractivity contribution in [1.29, 1.82) is 0 Å². The maximum absolute atomic E-state index is 11.6. The summed E-state index contributed by atoms with van der Waals surface area (Å²) < 4.78 is 16.0. The number of carboxylic acids is 1. The second-order valence-corrected chi connectivity index (χ2v) is 11.6. The lowest BCUT2D eigenvalue weighted by Gasteiger charge is -2.31. The first-order valence-corrected chi connectivity index (χ1v) is 15.1. The number of aryl methyl sites for hydroxylation is 1. The average Bonchev–Trinajstić information content (AvgIpc) is 3.72. The van der Waals surface area contributed by atoms with Gasteiger partial charge in [-0.3, -0.25) is 4.90 Å². The summed E-state index contributed by atoms with van der Waals surface area (Å²) >= 11 is 12.2. The van der Waals surface area contributed by atoms with Crippen molar-refractivity contribution >= 4 is 40.3 Å². The number of benzene rings is 1. The van der Waals surface area contributed by atoms with E-state index < -0.39 is 5.97 Å². The highest BCUT2D eigenvalue weighted by atomic mass is 35.5. The zero-order valence-electron chi connectivity index (χ0n) is 23.7. The van der Waals surface area contributed by atoms with E-state index in [4.69, 9.17) is 37.3 Å². The molecular weight excluding hydrogens is 591 g/mol. The minimum atomic E-state index is -1.06. The van der Waals surface area contributed by atoms with E-state index in [2.05, 4.69) is 26.4 Å². The predicted octanol–water partition coefficient (Wildman–Crippen LogP) is 6.33. The number of imidazole rings is 2. The molecule has 1 N–H and O–H groups in total. The Morgan fingerprint density at radius 2 is 1.88 bits per heavy atom. The van der Waals surface area contributed by atoms with Crippen LogP contribution in [0.3, 0.4) is 0 Å². The zero-order chi connectivity index (χ0) is 29.9. The molecule has 1 aliphatic rings. The number of nitrogens with zero attached hydrogens (tertiary/aromatic N) is 6. The first-order chi connectivity index (χ1) is 20.9. The number of aromatic carboxylic acids is 1. The van der Waals surface area contributed by atoms with Crippen molar-refractivity contribution in [1.82, 2.24) is 29.0 Å². The van der Waals surface area contributed by atoms with Crippen LogP contribution in [-0.2, 0) is 32.7 Å². The third kappa shape index (κ3) is 6.71. The topological polar surface area (TPSA) is 111 Å². The minimum Gasteiger partial charge on any atom is -0.484 e. The molecule has 6 rings (SSSR count). The number of hydrogen-bond acceptors (Lipinski definition) is 7. The van der Waals surface area contributed by atoms with Crippen molar-refractivity contribution in [2.24, 2.45) is 5.92 Å². The van der Waals surface area contributed by atoms with Gasteiger partial charge in [0.15, 0.2) is 11.3 Å². The molecule has 0 unspecified atom stereocenters. The van der Waals surface area contributed by atoms with Gasteiger partial charge >= 0.3 is 5.97 Å². The summed E-state index contributed by atoms with van der Waals surface area (Å²) in [7, 11) is 0. The number of carboxylic acid groups (broad SMARTS) is 1. The minimum absolute atomic E-state index is 0.00596. The summed E-state index contributed by atoms with van der Waals surface area (Å²) in [6.45, 7) is 6.18. The van der Waals surface area contributed by atoms with Gasteiger partial charge in [-0.15, -0.1) is 0 Å². The Morgan fingerprint density at radius 1 is 1.07 bits per heavy atom. The number of likely N-dealkylation sites (tertiary alicyclic amines) is 1. The highest BCUT2D eigenvalue weighted by Crippen LogP contribution is 2.29. The lowest BCUT2D eigenvalue weighted by Crippen LogP contribution is -2.34. The van der Waals surface area contributed by atoms with Crippen LogP contribution in [-0.4, -0.2) is 53.2 Å². The Hall–Kier alpha value is -3.86. The van der Waals surface area contributed by atoms with Gasteiger partial charge in [-0.25, -0.2) is 19.7 Å². The molecule has 0 amide bonds. The molecule has 0 radical (unpaired) electrons. The van der Waals surface area contributed by atoms with Crippen molar-refractivity contribution in [3.8, 4) is 5.75 Å². The van der Waals surface area contributed by atoms with Crippen molar-refractivity contribution in [3.63, 3.8) is 0 Å². The molecule has 1 fully saturated rings. The van der Waals surface area contributed by atoms with E-state index >= 15 is 0 Å². The van der Waals surface area contributed by atoms with E-state index in [1.165, 1.54) is 6.07 Å². The van der Waals surface area contributed by atoms with E-state index in [9.17, 15) is 9.90 Å². The monoisotopic (exact) mass is 622 g/mol. The fourth-order valence-electron chi connectivity index (χ4n) is 5.57. The lowest BCUT2D eigenvalue weighted by atomic mass is 9.92. The number of pyridine rings is 1.